The lowest BCUT2D eigenvalue weighted by molar-refractivity contribution is 0.280. The van der Waals surface area contributed by atoms with Crippen molar-refractivity contribution in [1.29, 1.82) is 0 Å². The summed E-state index contributed by atoms with van der Waals surface area (Å²) in [6.45, 7) is 6.98. The summed E-state index contributed by atoms with van der Waals surface area (Å²) in [5.74, 6) is 1.76. The zero-order chi connectivity index (χ0) is 12.0. The van der Waals surface area contributed by atoms with Gasteiger partial charge in [-0.25, -0.2) is 0 Å². The van der Waals surface area contributed by atoms with Gasteiger partial charge >= 0.3 is 0 Å². The first-order valence-corrected chi connectivity index (χ1v) is 7.38. The third-order valence-electron chi connectivity index (χ3n) is 4.45. The Morgan fingerprint density at radius 3 is 2.62 bits per heavy atom. The molecular weight excluding hydrogens is 194 g/mol. The highest BCUT2D eigenvalue weighted by Crippen LogP contribution is 2.34. The highest BCUT2D eigenvalue weighted by molar-refractivity contribution is 4.88. The van der Waals surface area contributed by atoms with Gasteiger partial charge in [-0.05, 0) is 37.5 Å². The molecule has 3 atom stereocenters. The smallest absolute Gasteiger partial charge is 0.0157 e. The van der Waals surface area contributed by atoms with Gasteiger partial charge in [-0.3, -0.25) is 0 Å². The van der Waals surface area contributed by atoms with Crippen LogP contribution in [0.3, 0.4) is 0 Å². The first-order chi connectivity index (χ1) is 7.59. The van der Waals surface area contributed by atoms with Gasteiger partial charge < -0.3 is 5.73 Å². The molecule has 1 aliphatic carbocycles. The van der Waals surface area contributed by atoms with Gasteiger partial charge in [-0.1, -0.05) is 52.9 Å². The molecule has 3 unspecified atom stereocenters. The Morgan fingerprint density at radius 1 is 1.25 bits per heavy atom. The highest BCUT2D eigenvalue weighted by Gasteiger charge is 2.29. The molecule has 0 aromatic carbocycles. The molecule has 1 heteroatoms. The van der Waals surface area contributed by atoms with E-state index in [4.69, 9.17) is 5.73 Å². The minimum atomic E-state index is 0.165. The Kier molecular flexibility index (Phi) is 5.82. The number of hydrogen-bond acceptors (Lipinski definition) is 1. The maximum Gasteiger partial charge on any atom is 0.0157 e. The lowest BCUT2D eigenvalue weighted by Gasteiger charge is -2.31. The second kappa shape index (κ2) is 6.64. The topological polar surface area (TPSA) is 26.0 Å². The SMILES string of the molecule is CCCC(C)CC1(N)CCCC(CC)CC1. The average molecular weight is 225 g/mol. The molecule has 0 heterocycles. The molecule has 0 amide bonds. The minimum absolute atomic E-state index is 0.165. The molecule has 1 aliphatic rings. The van der Waals surface area contributed by atoms with Gasteiger partial charge in [0.25, 0.3) is 0 Å². The van der Waals surface area contributed by atoms with Crippen LogP contribution in [0.2, 0.25) is 0 Å². The van der Waals surface area contributed by atoms with Crippen LogP contribution in [0.25, 0.3) is 0 Å². The van der Waals surface area contributed by atoms with E-state index in [1.807, 2.05) is 0 Å². The van der Waals surface area contributed by atoms with Crippen molar-refractivity contribution in [2.45, 2.75) is 84.1 Å². The van der Waals surface area contributed by atoms with Crippen molar-refractivity contribution < 1.29 is 0 Å². The molecule has 1 saturated carbocycles. The largest absolute Gasteiger partial charge is 0.325 e. The fourth-order valence-electron chi connectivity index (χ4n) is 3.40. The van der Waals surface area contributed by atoms with Gasteiger partial charge in [-0.15, -0.1) is 0 Å². The van der Waals surface area contributed by atoms with Gasteiger partial charge in [0.15, 0.2) is 0 Å². The van der Waals surface area contributed by atoms with E-state index >= 15 is 0 Å². The molecule has 0 bridgehead atoms. The Hall–Kier alpha value is -0.0400. The van der Waals surface area contributed by atoms with Crippen molar-refractivity contribution >= 4 is 0 Å². The molecule has 96 valence electrons. The van der Waals surface area contributed by atoms with Gasteiger partial charge in [0.1, 0.15) is 0 Å². The molecule has 0 saturated heterocycles. The van der Waals surface area contributed by atoms with Crippen molar-refractivity contribution in [1.82, 2.24) is 0 Å². The first kappa shape index (κ1) is 14.0. The molecule has 0 aromatic heterocycles. The van der Waals surface area contributed by atoms with Crippen LogP contribution in [-0.4, -0.2) is 5.54 Å². The summed E-state index contributed by atoms with van der Waals surface area (Å²) in [7, 11) is 0. The summed E-state index contributed by atoms with van der Waals surface area (Å²) in [5, 5.41) is 0. The van der Waals surface area contributed by atoms with Crippen LogP contribution in [0.1, 0.15) is 78.6 Å². The Bertz CT molecular complexity index is 190. The molecule has 16 heavy (non-hydrogen) atoms. The van der Waals surface area contributed by atoms with Crippen LogP contribution >= 0.6 is 0 Å². The Labute approximate surface area is 102 Å². The van der Waals surface area contributed by atoms with Gasteiger partial charge in [0.2, 0.25) is 0 Å². The molecule has 0 aliphatic heterocycles. The highest BCUT2D eigenvalue weighted by atomic mass is 14.7. The second-order valence-corrected chi connectivity index (χ2v) is 6.17. The zero-order valence-corrected chi connectivity index (χ0v) is 11.6. The molecule has 1 nitrogen and oxygen atoms in total. The van der Waals surface area contributed by atoms with Gasteiger partial charge in [-0.2, -0.15) is 0 Å². The molecule has 0 aromatic rings. The minimum Gasteiger partial charge on any atom is -0.325 e. The standard InChI is InChI=1S/C15H31N/c1-4-7-13(3)12-15(16)10-6-8-14(5-2)9-11-15/h13-14H,4-12,16H2,1-3H3. The van der Waals surface area contributed by atoms with Gasteiger partial charge in [0.05, 0.1) is 0 Å². The lowest BCUT2D eigenvalue weighted by Crippen LogP contribution is -2.40. The second-order valence-electron chi connectivity index (χ2n) is 6.17. The summed E-state index contributed by atoms with van der Waals surface area (Å²) in [6, 6.07) is 0. The fraction of sp³-hybridized carbons (Fsp3) is 1.00. The van der Waals surface area contributed by atoms with Gasteiger partial charge in [0, 0.05) is 5.54 Å². The zero-order valence-electron chi connectivity index (χ0n) is 11.6. The van der Waals surface area contributed by atoms with E-state index < -0.39 is 0 Å². The predicted octanol–water partition coefficient (Wildman–Crippen LogP) is 4.50. The van der Waals surface area contributed by atoms with E-state index in [1.54, 1.807) is 0 Å². The predicted molar refractivity (Wildman–Crippen MR) is 72.5 cm³/mol. The summed E-state index contributed by atoms with van der Waals surface area (Å²) in [5.41, 5.74) is 6.77. The lowest BCUT2D eigenvalue weighted by atomic mass is 9.81. The van der Waals surface area contributed by atoms with E-state index in [1.165, 1.54) is 57.8 Å². The molecule has 1 rings (SSSR count). The van der Waals surface area contributed by atoms with E-state index in [0.717, 1.165) is 11.8 Å². The van der Waals surface area contributed by atoms with Crippen molar-refractivity contribution in [3.05, 3.63) is 0 Å². The fourth-order valence-corrected chi connectivity index (χ4v) is 3.40. The number of rotatable bonds is 5. The van der Waals surface area contributed by atoms with Crippen LogP contribution in [0.5, 0.6) is 0 Å². The number of hydrogen-bond donors (Lipinski definition) is 1. The van der Waals surface area contributed by atoms with Crippen LogP contribution in [-0.2, 0) is 0 Å². The molecular formula is C15H31N. The normalized spacial score (nSPS) is 33.4. The summed E-state index contributed by atoms with van der Waals surface area (Å²) in [6.07, 6.45) is 11.9. The third-order valence-corrected chi connectivity index (χ3v) is 4.45. The van der Waals surface area contributed by atoms with Crippen LogP contribution in [0.4, 0.5) is 0 Å². The molecule has 0 radical (unpaired) electrons. The Morgan fingerprint density at radius 2 is 2.00 bits per heavy atom. The van der Waals surface area contributed by atoms with Crippen molar-refractivity contribution in [3.8, 4) is 0 Å². The maximum atomic E-state index is 6.61. The molecule has 1 fully saturated rings. The van der Waals surface area contributed by atoms with E-state index in [9.17, 15) is 0 Å². The molecule has 2 N–H and O–H groups in total. The Balaban J connectivity index is 2.43. The van der Waals surface area contributed by atoms with Crippen molar-refractivity contribution in [3.63, 3.8) is 0 Å². The first-order valence-electron chi connectivity index (χ1n) is 7.38. The van der Waals surface area contributed by atoms with Crippen LogP contribution in [0.15, 0.2) is 0 Å². The van der Waals surface area contributed by atoms with Crippen LogP contribution in [0, 0.1) is 11.8 Å². The van der Waals surface area contributed by atoms with E-state index in [-0.39, 0.29) is 5.54 Å². The summed E-state index contributed by atoms with van der Waals surface area (Å²) >= 11 is 0. The van der Waals surface area contributed by atoms with Crippen molar-refractivity contribution in [2.24, 2.45) is 17.6 Å². The molecule has 0 spiro atoms. The third kappa shape index (κ3) is 4.45. The quantitative estimate of drug-likeness (QED) is 0.685. The van der Waals surface area contributed by atoms with E-state index in [2.05, 4.69) is 20.8 Å². The monoisotopic (exact) mass is 225 g/mol. The summed E-state index contributed by atoms with van der Waals surface area (Å²) in [4.78, 5) is 0. The van der Waals surface area contributed by atoms with Crippen molar-refractivity contribution in [2.75, 3.05) is 0 Å². The van der Waals surface area contributed by atoms with Crippen LogP contribution < -0.4 is 5.73 Å². The average Bonchev–Trinajstić information content (AvgIpc) is 2.40. The summed E-state index contributed by atoms with van der Waals surface area (Å²) < 4.78 is 0. The van der Waals surface area contributed by atoms with E-state index in [0.29, 0.717) is 0 Å². The maximum absolute atomic E-state index is 6.61. The number of nitrogens with two attached hydrogens (primary N) is 1.